The van der Waals surface area contributed by atoms with Gasteiger partial charge in [-0.3, -0.25) is 9.59 Å². The van der Waals surface area contributed by atoms with Crippen molar-refractivity contribution in [1.82, 2.24) is 0 Å². The molecule has 0 bridgehead atoms. The van der Waals surface area contributed by atoms with Gasteiger partial charge in [-0.2, -0.15) is 0 Å². The number of hydrogen-bond acceptors (Lipinski definition) is 3. The first kappa shape index (κ1) is 27.1. The van der Waals surface area contributed by atoms with E-state index in [1.807, 2.05) is 6.92 Å². The molecule has 1 unspecified atom stereocenters. The molecule has 0 aliphatic rings. The number of carbonyl (C=O) groups excluding carboxylic acids is 2. The van der Waals surface area contributed by atoms with Crippen molar-refractivity contribution < 1.29 is 14.3 Å². The lowest BCUT2D eigenvalue weighted by molar-refractivity contribution is -0.162. The monoisotopic (exact) mass is 396 g/mol. The molecule has 0 fully saturated rings. The fourth-order valence-electron chi connectivity index (χ4n) is 3.55. The molecule has 0 rings (SSSR count). The highest BCUT2D eigenvalue weighted by molar-refractivity contribution is 5.86. The van der Waals surface area contributed by atoms with Gasteiger partial charge in [-0.25, -0.2) is 0 Å². The van der Waals surface area contributed by atoms with E-state index in [-0.39, 0.29) is 17.9 Å². The molecule has 0 aliphatic heterocycles. The molecule has 0 amide bonds. The fourth-order valence-corrected chi connectivity index (χ4v) is 3.55. The topological polar surface area (TPSA) is 43.4 Å². The zero-order valence-corrected chi connectivity index (χ0v) is 19.2. The predicted molar refractivity (Wildman–Crippen MR) is 119 cm³/mol. The van der Waals surface area contributed by atoms with Crippen LogP contribution in [0.1, 0.15) is 143 Å². The molecule has 0 saturated heterocycles. The molecule has 1 atom stereocenters. The second kappa shape index (κ2) is 20.9. The molecule has 0 radical (unpaired) electrons. The summed E-state index contributed by atoms with van der Waals surface area (Å²) in [6.07, 6.45) is 22.3. The van der Waals surface area contributed by atoms with Crippen LogP contribution in [0.2, 0.25) is 0 Å². The summed E-state index contributed by atoms with van der Waals surface area (Å²) in [5, 5.41) is 0. The Morgan fingerprint density at radius 1 is 0.607 bits per heavy atom. The lowest BCUT2D eigenvalue weighted by atomic mass is 10.0. The molecule has 0 N–H and O–H groups in total. The van der Waals surface area contributed by atoms with Crippen LogP contribution in [0.3, 0.4) is 0 Å². The van der Waals surface area contributed by atoms with Crippen molar-refractivity contribution in [3.63, 3.8) is 0 Å². The predicted octanol–water partition coefficient (Wildman–Crippen LogP) is 8.14. The van der Waals surface area contributed by atoms with Crippen molar-refractivity contribution in [2.75, 3.05) is 0 Å². The lowest BCUT2D eigenvalue weighted by Gasteiger charge is -2.10. The van der Waals surface area contributed by atoms with Crippen LogP contribution in [-0.4, -0.2) is 11.9 Å². The van der Waals surface area contributed by atoms with Gasteiger partial charge in [0.2, 0.25) is 0 Å². The van der Waals surface area contributed by atoms with E-state index in [1.165, 1.54) is 89.9 Å². The maximum absolute atomic E-state index is 12.0. The Balaban J connectivity index is 3.51. The summed E-state index contributed by atoms with van der Waals surface area (Å²) in [6.45, 7) is 6.36. The van der Waals surface area contributed by atoms with Gasteiger partial charge in [0.05, 0.1) is 5.92 Å². The summed E-state index contributed by atoms with van der Waals surface area (Å²) in [5.74, 6) is -0.827. The Bertz CT molecular complexity index is 365. The number of esters is 2. The summed E-state index contributed by atoms with van der Waals surface area (Å²) in [7, 11) is 0. The highest BCUT2D eigenvalue weighted by Gasteiger charge is 2.17. The van der Waals surface area contributed by atoms with E-state index in [4.69, 9.17) is 4.74 Å². The van der Waals surface area contributed by atoms with Gasteiger partial charge in [0.1, 0.15) is 0 Å². The van der Waals surface area contributed by atoms with Gasteiger partial charge in [0.15, 0.2) is 0 Å². The average molecular weight is 397 g/mol. The van der Waals surface area contributed by atoms with Gasteiger partial charge in [-0.05, 0) is 12.8 Å². The van der Waals surface area contributed by atoms with E-state index in [2.05, 4.69) is 13.8 Å². The number of carbonyl (C=O) groups is 2. The van der Waals surface area contributed by atoms with E-state index < -0.39 is 0 Å². The minimum Gasteiger partial charge on any atom is -0.393 e. The average Bonchev–Trinajstić information content (AvgIpc) is 2.68. The first-order chi connectivity index (χ1) is 13.6. The quantitative estimate of drug-likeness (QED) is 0.118. The third-order valence-corrected chi connectivity index (χ3v) is 5.59. The number of hydrogen-bond donors (Lipinski definition) is 0. The van der Waals surface area contributed by atoms with Crippen molar-refractivity contribution in [3.8, 4) is 0 Å². The van der Waals surface area contributed by atoms with Crippen LogP contribution in [0.25, 0.3) is 0 Å². The number of unbranched alkanes of at least 4 members (excludes halogenated alkanes) is 15. The second-order valence-electron chi connectivity index (χ2n) is 8.54. The molecular formula is C25H48O3. The molecule has 0 saturated carbocycles. The summed E-state index contributed by atoms with van der Waals surface area (Å²) >= 11 is 0. The maximum Gasteiger partial charge on any atom is 0.316 e. The molecule has 166 valence electrons. The van der Waals surface area contributed by atoms with Crippen molar-refractivity contribution >= 4 is 11.9 Å². The van der Waals surface area contributed by atoms with Crippen LogP contribution in [0.4, 0.5) is 0 Å². The Labute approximate surface area is 175 Å². The SMILES string of the molecule is CCCCCCCCCCCC(=O)OC(=O)C(C)CCCCCCCCCC. The third-order valence-electron chi connectivity index (χ3n) is 5.59. The Hall–Kier alpha value is -0.860. The van der Waals surface area contributed by atoms with Crippen molar-refractivity contribution in [3.05, 3.63) is 0 Å². The largest absolute Gasteiger partial charge is 0.393 e. The highest BCUT2D eigenvalue weighted by Crippen LogP contribution is 2.15. The standard InChI is InChI=1S/C25H48O3/c1-4-6-8-10-12-14-16-18-20-22-24(26)28-25(27)23(3)21-19-17-15-13-11-9-7-5-2/h23H,4-22H2,1-3H3. The van der Waals surface area contributed by atoms with Gasteiger partial charge in [0, 0.05) is 6.42 Å². The zero-order valence-electron chi connectivity index (χ0n) is 19.2. The Morgan fingerprint density at radius 2 is 1.00 bits per heavy atom. The lowest BCUT2D eigenvalue weighted by Crippen LogP contribution is -2.19. The maximum atomic E-state index is 12.0. The van der Waals surface area contributed by atoms with Gasteiger partial charge in [0.25, 0.3) is 0 Å². The summed E-state index contributed by atoms with van der Waals surface area (Å²) in [5.41, 5.74) is 0. The summed E-state index contributed by atoms with van der Waals surface area (Å²) < 4.78 is 5.03. The van der Waals surface area contributed by atoms with Gasteiger partial charge >= 0.3 is 11.9 Å². The summed E-state index contributed by atoms with van der Waals surface area (Å²) in [6, 6.07) is 0. The zero-order chi connectivity index (χ0) is 20.9. The van der Waals surface area contributed by atoms with Crippen LogP contribution in [0.15, 0.2) is 0 Å². The molecule has 0 spiro atoms. The van der Waals surface area contributed by atoms with Gasteiger partial charge in [-0.1, -0.05) is 124 Å². The smallest absolute Gasteiger partial charge is 0.316 e. The third kappa shape index (κ3) is 18.5. The molecule has 0 aromatic rings. The van der Waals surface area contributed by atoms with E-state index in [9.17, 15) is 9.59 Å². The van der Waals surface area contributed by atoms with Crippen LogP contribution in [0.5, 0.6) is 0 Å². The van der Waals surface area contributed by atoms with Gasteiger partial charge in [-0.15, -0.1) is 0 Å². The molecule has 3 nitrogen and oxygen atoms in total. The minimum atomic E-state index is -0.337. The first-order valence-electron chi connectivity index (χ1n) is 12.4. The Kier molecular flexibility index (Phi) is 20.2. The highest BCUT2D eigenvalue weighted by atomic mass is 16.6. The van der Waals surface area contributed by atoms with E-state index >= 15 is 0 Å². The molecule has 0 heterocycles. The van der Waals surface area contributed by atoms with Gasteiger partial charge < -0.3 is 4.74 Å². The van der Waals surface area contributed by atoms with Crippen molar-refractivity contribution in [2.24, 2.45) is 5.92 Å². The normalized spacial score (nSPS) is 12.1. The molecule has 0 aromatic heterocycles. The van der Waals surface area contributed by atoms with E-state index in [0.29, 0.717) is 6.42 Å². The number of ether oxygens (including phenoxy) is 1. The Morgan fingerprint density at radius 3 is 1.46 bits per heavy atom. The molecular weight excluding hydrogens is 348 g/mol. The van der Waals surface area contributed by atoms with Crippen LogP contribution < -0.4 is 0 Å². The van der Waals surface area contributed by atoms with Crippen LogP contribution >= 0.6 is 0 Å². The van der Waals surface area contributed by atoms with Crippen LogP contribution in [0, 0.1) is 5.92 Å². The number of rotatable bonds is 20. The summed E-state index contributed by atoms with van der Waals surface area (Å²) in [4.78, 5) is 23.8. The second-order valence-corrected chi connectivity index (χ2v) is 8.54. The van der Waals surface area contributed by atoms with Crippen molar-refractivity contribution in [1.29, 1.82) is 0 Å². The minimum absolute atomic E-state index is 0.160. The molecule has 3 heteroatoms. The van der Waals surface area contributed by atoms with Crippen molar-refractivity contribution in [2.45, 2.75) is 143 Å². The van der Waals surface area contributed by atoms with E-state index in [0.717, 1.165) is 25.7 Å². The molecule has 0 aliphatic carbocycles. The molecule has 28 heavy (non-hydrogen) atoms. The van der Waals surface area contributed by atoms with Crippen LogP contribution in [-0.2, 0) is 14.3 Å². The fraction of sp³-hybridized carbons (Fsp3) is 0.920. The van der Waals surface area contributed by atoms with E-state index in [1.54, 1.807) is 0 Å². The first-order valence-corrected chi connectivity index (χ1v) is 12.4. The molecule has 0 aromatic carbocycles.